The zero-order valence-corrected chi connectivity index (χ0v) is 5.61. The van der Waals surface area contributed by atoms with Crippen molar-refractivity contribution in [2.75, 3.05) is 0 Å². The van der Waals surface area contributed by atoms with Crippen LogP contribution in [0.25, 0.3) is 0 Å². The molecular weight excluding hydrogens is 191 g/mol. The Hall–Kier alpha value is -0.670. The van der Waals surface area contributed by atoms with Crippen LogP contribution in [0.15, 0.2) is 0 Å². The molecule has 0 saturated heterocycles. The first kappa shape index (κ1) is 13.0. The first-order valence-electron chi connectivity index (χ1n) is 1.81. The van der Waals surface area contributed by atoms with Gasteiger partial charge in [0, 0.05) is 11.3 Å². The Morgan fingerprint density at radius 3 is 1.64 bits per heavy atom. The molecule has 9 heteroatoms. The lowest BCUT2D eigenvalue weighted by Crippen LogP contribution is -2.21. The van der Waals surface area contributed by atoms with Gasteiger partial charge >= 0.3 is 12.1 Å². The summed E-state index contributed by atoms with van der Waals surface area (Å²) in [6, 6.07) is 0. The minimum atomic E-state index is -5.08. The summed E-state index contributed by atoms with van der Waals surface area (Å²) >= 11 is -2.36. The molecule has 0 aliphatic rings. The molecule has 1 unspecified atom stereocenters. The van der Waals surface area contributed by atoms with Crippen molar-refractivity contribution in [3.63, 3.8) is 0 Å². The summed E-state index contributed by atoms with van der Waals surface area (Å²) < 4.78 is 49.3. The zero-order chi connectivity index (χ0) is 9.65. The maximum atomic E-state index is 10.6. The van der Waals surface area contributed by atoms with Crippen LogP contribution in [-0.4, -0.2) is 26.0 Å². The summed E-state index contributed by atoms with van der Waals surface area (Å²) in [5.41, 5.74) is 0. The van der Waals surface area contributed by atoms with Gasteiger partial charge in [0.15, 0.2) is 0 Å². The minimum Gasteiger partial charge on any atom is -0.760 e. The van der Waals surface area contributed by atoms with Gasteiger partial charge in [0.1, 0.15) is 0 Å². The molecule has 3 N–H and O–H groups in total. The molecule has 0 spiro atoms. The van der Waals surface area contributed by atoms with Gasteiger partial charge in [-0.3, -0.25) is 9.35 Å². The van der Waals surface area contributed by atoms with Gasteiger partial charge in [-0.05, 0) is 0 Å². The highest BCUT2D eigenvalue weighted by Crippen LogP contribution is 2.13. The Balaban J connectivity index is 0. The van der Waals surface area contributed by atoms with Crippen LogP contribution in [0.4, 0.5) is 13.2 Å². The monoisotopic (exact) mass is 194 g/mol. The van der Waals surface area contributed by atoms with Crippen LogP contribution in [0.5, 0.6) is 0 Å². The van der Waals surface area contributed by atoms with Crippen LogP contribution in [0.2, 0.25) is 0 Å². The number of nitrogens with two attached hydrogens (primary N) is 1. The quantitative estimate of drug-likeness (QED) is 0.501. The molecule has 0 aliphatic carbocycles. The SMILES string of the molecule is NS(=O)[O-].O=C(O)C(F)(F)F. The van der Waals surface area contributed by atoms with Crippen LogP contribution < -0.4 is 5.14 Å². The van der Waals surface area contributed by atoms with Gasteiger partial charge < -0.3 is 9.66 Å². The summed E-state index contributed by atoms with van der Waals surface area (Å²) in [6.45, 7) is 0. The van der Waals surface area contributed by atoms with Crippen molar-refractivity contribution in [1.29, 1.82) is 0 Å². The van der Waals surface area contributed by atoms with Crippen molar-refractivity contribution >= 4 is 17.2 Å². The van der Waals surface area contributed by atoms with E-state index in [1.54, 1.807) is 0 Å². The summed E-state index contributed by atoms with van der Waals surface area (Å²) in [6.07, 6.45) is -5.08. The van der Waals surface area contributed by atoms with E-state index in [-0.39, 0.29) is 0 Å². The van der Waals surface area contributed by atoms with Gasteiger partial charge in [0.25, 0.3) is 0 Å². The topological polar surface area (TPSA) is 103 Å². The van der Waals surface area contributed by atoms with Gasteiger partial charge in [0.2, 0.25) is 0 Å². The number of alkyl halides is 3. The fourth-order valence-electron chi connectivity index (χ4n) is 0. The lowest BCUT2D eigenvalue weighted by atomic mass is 10.7. The number of aliphatic carboxylic acids is 1. The van der Waals surface area contributed by atoms with Gasteiger partial charge in [-0.25, -0.2) is 4.79 Å². The highest BCUT2D eigenvalue weighted by Gasteiger charge is 2.38. The summed E-state index contributed by atoms with van der Waals surface area (Å²) in [7, 11) is 0. The van der Waals surface area contributed by atoms with E-state index in [0.717, 1.165) is 0 Å². The van der Waals surface area contributed by atoms with Crippen LogP contribution >= 0.6 is 0 Å². The van der Waals surface area contributed by atoms with Crippen molar-refractivity contribution < 1.29 is 31.8 Å². The molecule has 0 saturated carbocycles. The highest BCUT2D eigenvalue weighted by molar-refractivity contribution is 7.76. The molecule has 0 rings (SSSR count). The maximum absolute atomic E-state index is 10.6. The summed E-state index contributed by atoms with van der Waals surface area (Å²) in [5.74, 6) is -2.76. The lowest BCUT2D eigenvalue weighted by Gasteiger charge is -1.93. The molecule has 68 valence electrons. The molecule has 0 aromatic rings. The van der Waals surface area contributed by atoms with Crippen LogP contribution in [0.3, 0.4) is 0 Å². The second kappa shape index (κ2) is 5.04. The van der Waals surface area contributed by atoms with E-state index >= 15 is 0 Å². The number of carboxylic acid groups (broad SMARTS) is 1. The number of hydrogen-bond acceptors (Lipinski definition) is 3. The molecule has 0 radical (unpaired) electrons. The summed E-state index contributed by atoms with van der Waals surface area (Å²) in [5, 5.41) is 11.2. The van der Waals surface area contributed by atoms with Crippen molar-refractivity contribution in [2.24, 2.45) is 5.14 Å². The van der Waals surface area contributed by atoms with E-state index in [0.29, 0.717) is 0 Å². The van der Waals surface area contributed by atoms with E-state index in [2.05, 4.69) is 5.14 Å². The van der Waals surface area contributed by atoms with Crippen molar-refractivity contribution in [2.45, 2.75) is 6.18 Å². The third-order valence-corrected chi connectivity index (χ3v) is 0.243. The minimum absolute atomic E-state index is 2.36. The molecule has 0 heterocycles. The number of rotatable bonds is 0. The predicted molar refractivity (Wildman–Crippen MR) is 26.8 cm³/mol. The third kappa shape index (κ3) is 17.6. The molecule has 1 atom stereocenters. The van der Waals surface area contributed by atoms with E-state index in [9.17, 15) is 13.2 Å². The maximum Gasteiger partial charge on any atom is 0.490 e. The van der Waals surface area contributed by atoms with Crippen molar-refractivity contribution in [1.82, 2.24) is 0 Å². The van der Waals surface area contributed by atoms with E-state index < -0.39 is 23.4 Å². The first-order valence-corrected chi connectivity index (χ1v) is 2.95. The normalized spacial score (nSPS) is 12.8. The van der Waals surface area contributed by atoms with Crippen LogP contribution in [-0.2, 0) is 16.1 Å². The van der Waals surface area contributed by atoms with E-state index in [1.807, 2.05) is 0 Å². The summed E-state index contributed by atoms with van der Waals surface area (Å²) in [4.78, 5) is 8.90. The number of carbonyl (C=O) groups is 1. The van der Waals surface area contributed by atoms with Gasteiger partial charge in [0.05, 0.1) is 0 Å². The van der Waals surface area contributed by atoms with E-state index in [4.69, 9.17) is 18.7 Å². The van der Waals surface area contributed by atoms with Gasteiger partial charge in [-0.15, -0.1) is 0 Å². The smallest absolute Gasteiger partial charge is 0.490 e. The Labute approximate surface area is 61.4 Å². The molecular formula is C2H3F3NO4S-. The Morgan fingerprint density at radius 2 is 1.64 bits per heavy atom. The van der Waals surface area contributed by atoms with Crippen molar-refractivity contribution in [3.8, 4) is 0 Å². The molecule has 0 bridgehead atoms. The van der Waals surface area contributed by atoms with Gasteiger partial charge in [-0.2, -0.15) is 13.2 Å². The molecule has 5 nitrogen and oxygen atoms in total. The molecule has 0 fully saturated rings. The molecule has 0 aromatic heterocycles. The second-order valence-corrected chi connectivity index (χ2v) is 1.58. The largest absolute Gasteiger partial charge is 0.760 e. The number of hydrogen-bond donors (Lipinski definition) is 2. The van der Waals surface area contributed by atoms with Crippen LogP contribution in [0, 0.1) is 0 Å². The Kier molecular flexibility index (Phi) is 5.94. The Bertz CT molecular complexity index is 152. The molecule has 0 aromatic carbocycles. The van der Waals surface area contributed by atoms with Gasteiger partial charge in [-0.1, -0.05) is 0 Å². The molecule has 0 amide bonds. The van der Waals surface area contributed by atoms with Crippen LogP contribution in [0.1, 0.15) is 0 Å². The number of carboxylic acids is 1. The first-order chi connectivity index (χ1) is 4.68. The third-order valence-electron chi connectivity index (χ3n) is 0.243. The lowest BCUT2D eigenvalue weighted by molar-refractivity contribution is -0.192. The predicted octanol–water partition coefficient (Wildman–Crippen LogP) is -0.627. The fraction of sp³-hybridized carbons (Fsp3) is 0.500. The standard InChI is InChI=1S/C2HF3O2.H3NO2S/c3-2(4,5)1(6)7;1-4(2)3/h(H,6,7);1H2,(H,2,3)/p-1. The van der Waals surface area contributed by atoms with E-state index in [1.165, 1.54) is 0 Å². The second-order valence-electron chi connectivity index (χ2n) is 1.06. The average molecular weight is 194 g/mol. The number of halogens is 3. The highest BCUT2D eigenvalue weighted by atomic mass is 32.2. The average Bonchev–Trinajstić information content (AvgIpc) is 1.59. The Morgan fingerprint density at radius 1 is 1.55 bits per heavy atom. The fourth-order valence-corrected chi connectivity index (χ4v) is 0. The van der Waals surface area contributed by atoms with Crippen molar-refractivity contribution in [3.05, 3.63) is 0 Å². The molecule has 11 heavy (non-hydrogen) atoms. The molecule has 0 aliphatic heterocycles. The zero-order valence-electron chi connectivity index (χ0n) is 4.79.